The van der Waals surface area contributed by atoms with E-state index < -0.39 is 10.1 Å². The minimum Gasteiger partial charge on any atom is -0.378 e. The van der Waals surface area contributed by atoms with Crippen molar-refractivity contribution >= 4 is 10.1 Å². The van der Waals surface area contributed by atoms with Gasteiger partial charge < -0.3 is 4.18 Å². The van der Waals surface area contributed by atoms with Crippen LogP contribution in [0.1, 0.15) is 11.1 Å². The van der Waals surface area contributed by atoms with E-state index in [4.69, 9.17) is 4.18 Å². The number of aryl methyl sites for hydroxylation is 2. The van der Waals surface area contributed by atoms with Crippen LogP contribution in [-0.4, -0.2) is 8.42 Å². The SMILES string of the molecule is Cc1cc(C)c2c(c1)OS(=O)(=O)c1ccccc1-2. The van der Waals surface area contributed by atoms with Crippen molar-refractivity contribution in [2.45, 2.75) is 18.7 Å². The molecule has 0 radical (unpaired) electrons. The van der Waals surface area contributed by atoms with Crippen molar-refractivity contribution in [3.8, 4) is 16.9 Å². The Bertz CT molecular complexity index is 746. The van der Waals surface area contributed by atoms with Crippen LogP contribution in [0.15, 0.2) is 41.3 Å². The molecule has 0 atom stereocenters. The highest BCUT2D eigenvalue weighted by atomic mass is 32.2. The lowest BCUT2D eigenvalue weighted by molar-refractivity contribution is 0.483. The molecule has 4 heteroatoms. The molecule has 0 N–H and O–H groups in total. The van der Waals surface area contributed by atoms with Crippen LogP contribution >= 0.6 is 0 Å². The van der Waals surface area contributed by atoms with Gasteiger partial charge in [0.15, 0.2) is 5.75 Å². The van der Waals surface area contributed by atoms with Crippen LogP contribution < -0.4 is 4.18 Å². The summed E-state index contributed by atoms with van der Waals surface area (Å²) in [6.07, 6.45) is 0. The third-order valence-electron chi connectivity index (χ3n) is 3.07. The standard InChI is InChI=1S/C14H12O3S/c1-9-7-10(2)14-11-5-3-4-6-13(11)18(15,16)17-12(14)8-9/h3-8H,1-2H3. The monoisotopic (exact) mass is 260 g/mol. The molecule has 1 aliphatic heterocycles. The van der Waals surface area contributed by atoms with Crippen molar-refractivity contribution in [1.82, 2.24) is 0 Å². The van der Waals surface area contributed by atoms with E-state index in [0.717, 1.165) is 22.3 Å². The summed E-state index contributed by atoms with van der Waals surface area (Å²) in [6.45, 7) is 3.88. The molecule has 1 aliphatic rings. The lowest BCUT2D eigenvalue weighted by Crippen LogP contribution is -2.16. The quantitative estimate of drug-likeness (QED) is 0.684. The molecule has 3 rings (SSSR count). The number of hydrogen-bond donors (Lipinski definition) is 0. The summed E-state index contributed by atoms with van der Waals surface area (Å²) in [6, 6.07) is 10.7. The van der Waals surface area contributed by atoms with E-state index in [2.05, 4.69) is 0 Å². The first kappa shape index (κ1) is 11.3. The molecule has 0 aliphatic carbocycles. The maximum absolute atomic E-state index is 12.0. The summed E-state index contributed by atoms with van der Waals surface area (Å²) in [5, 5.41) is 0. The van der Waals surface area contributed by atoms with Gasteiger partial charge in [-0.05, 0) is 37.1 Å². The highest BCUT2D eigenvalue weighted by Gasteiger charge is 2.30. The van der Waals surface area contributed by atoms with Crippen molar-refractivity contribution in [2.75, 3.05) is 0 Å². The Morgan fingerprint density at radius 1 is 1.06 bits per heavy atom. The maximum Gasteiger partial charge on any atom is 0.339 e. The molecule has 0 bridgehead atoms. The fourth-order valence-electron chi connectivity index (χ4n) is 2.39. The van der Waals surface area contributed by atoms with Crippen LogP contribution in [0.4, 0.5) is 0 Å². The van der Waals surface area contributed by atoms with Crippen LogP contribution in [0, 0.1) is 13.8 Å². The molecule has 3 nitrogen and oxygen atoms in total. The molecule has 0 amide bonds. The Morgan fingerprint density at radius 3 is 2.56 bits per heavy atom. The summed E-state index contributed by atoms with van der Waals surface area (Å²) in [4.78, 5) is 0.240. The molecule has 2 aromatic carbocycles. The Kier molecular flexibility index (Phi) is 2.25. The highest BCUT2D eigenvalue weighted by molar-refractivity contribution is 7.87. The average Bonchev–Trinajstić information content (AvgIpc) is 2.27. The molecule has 18 heavy (non-hydrogen) atoms. The van der Waals surface area contributed by atoms with Crippen molar-refractivity contribution in [3.63, 3.8) is 0 Å². The summed E-state index contributed by atoms with van der Waals surface area (Å²) in [5.74, 6) is 0.422. The molecule has 0 fully saturated rings. The van der Waals surface area contributed by atoms with E-state index in [1.165, 1.54) is 0 Å². The maximum atomic E-state index is 12.0. The van der Waals surface area contributed by atoms with E-state index in [1.54, 1.807) is 18.2 Å². The molecule has 0 saturated carbocycles. The normalized spacial score (nSPS) is 15.4. The topological polar surface area (TPSA) is 43.4 Å². The lowest BCUT2D eigenvalue weighted by Gasteiger charge is -2.22. The minimum atomic E-state index is -3.69. The van der Waals surface area contributed by atoms with Crippen molar-refractivity contribution in [2.24, 2.45) is 0 Å². The smallest absolute Gasteiger partial charge is 0.339 e. The summed E-state index contributed by atoms with van der Waals surface area (Å²) in [5.41, 5.74) is 3.59. The fourth-order valence-corrected chi connectivity index (χ4v) is 3.54. The van der Waals surface area contributed by atoms with Crippen molar-refractivity contribution in [3.05, 3.63) is 47.5 Å². The predicted octanol–water partition coefficient (Wildman–Crippen LogP) is 3.05. The molecule has 0 unspecified atom stereocenters. The zero-order chi connectivity index (χ0) is 12.9. The van der Waals surface area contributed by atoms with Crippen LogP contribution in [0.5, 0.6) is 5.75 Å². The largest absolute Gasteiger partial charge is 0.378 e. The van der Waals surface area contributed by atoms with Gasteiger partial charge in [-0.15, -0.1) is 0 Å². The number of hydrogen-bond acceptors (Lipinski definition) is 3. The van der Waals surface area contributed by atoms with Gasteiger partial charge in [0.2, 0.25) is 0 Å². The molecule has 1 heterocycles. The average molecular weight is 260 g/mol. The van der Waals surface area contributed by atoms with Crippen LogP contribution in [0.3, 0.4) is 0 Å². The van der Waals surface area contributed by atoms with E-state index >= 15 is 0 Å². The van der Waals surface area contributed by atoms with Crippen molar-refractivity contribution < 1.29 is 12.6 Å². The zero-order valence-corrected chi connectivity index (χ0v) is 10.9. The van der Waals surface area contributed by atoms with Crippen molar-refractivity contribution in [1.29, 1.82) is 0 Å². The van der Waals surface area contributed by atoms with E-state index in [9.17, 15) is 8.42 Å². The second kappa shape index (κ2) is 3.59. The van der Waals surface area contributed by atoms with E-state index in [-0.39, 0.29) is 4.90 Å². The summed E-state index contributed by atoms with van der Waals surface area (Å²) >= 11 is 0. The number of rotatable bonds is 0. The third-order valence-corrected chi connectivity index (χ3v) is 4.36. The van der Waals surface area contributed by atoms with E-state index in [0.29, 0.717) is 5.75 Å². The predicted molar refractivity (Wildman–Crippen MR) is 69.2 cm³/mol. The summed E-state index contributed by atoms with van der Waals surface area (Å²) < 4.78 is 29.3. The molecule has 92 valence electrons. The lowest BCUT2D eigenvalue weighted by atomic mass is 9.97. The fraction of sp³-hybridized carbons (Fsp3) is 0.143. The molecule has 2 aromatic rings. The molecular formula is C14H12O3S. The van der Waals surface area contributed by atoms with Gasteiger partial charge in [0.05, 0.1) is 0 Å². The first-order valence-electron chi connectivity index (χ1n) is 5.64. The van der Waals surface area contributed by atoms with Gasteiger partial charge in [0.1, 0.15) is 4.90 Å². The third kappa shape index (κ3) is 1.53. The second-order valence-electron chi connectivity index (χ2n) is 4.49. The Morgan fingerprint density at radius 2 is 1.78 bits per heavy atom. The van der Waals surface area contributed by atoms with Crippen LogP contribution in [0.25, 0.3) is 11.1 Å². The first-order valence-corrected chi connectivity index (χ1v) is 7.05. The summed E-state index contributed by atoms with van der Waals surface area (Å²) in [7, 11) is -3.69. The van der Waals surface area contributed by atoms with Gasteiger partial charge in [-0.3, -0.25) is 0 Å². The van der Waals surface area contributed by atoms with Gasteiger partial charge in [-0.25, -0.2) is 0 Å². The Hall–Kier alpha value is -1.81. The highest BCUT2D eigenvalue weighted by Crippen LogP contribution is 2.43. The second-order valence-corrected chi connectivity index (χ2v) is 6.00. The molecule has 0 spiro atoms. The van der Waals surface area contributed by atoms with E-state index in [1.807, 2.05) is 32.0 Å². The Balaban J connectivity index is 2.44. The molecular weight excluding hydrogens is 248 g/mol. The van der Waals surface area contributed by atoms with Gasteiger partial charge >= 0.3 is 10.1 Å². The van der Waals surface area contributed by atoms with Gasteiger partial charge in [0.25, 0.3) is 0 Å². The van der Waals surface area contributed by atoms with Crippen LogP contribution in [0.2, 0.25) is 0 Å². The van der Waals surface area contributed by atoms with Crippen LogP contribution in [-0.2, 0) is 10.1 Å². The first-order chi connectivity index (χ1) is 8.49. The van der Waals surface area contributed by atoms with Gasteiger partial charge in [0, 0.05) is 11.1 Å². The minimum absolute atomic E-state index is 0.240. The van der Waals surface area contributed by atoms with Gasteiger partial charge in [-0.1, -0.05) is 24.3 Å². The molecule has 0 aromatic heterocycles. The van der Waals surface area contributed by atoms with Gasteiger partial charge in [-0.2, -0.15) is 8.42 Å². The number of fused-ring (bicyclic) bond motifs is 3. The molecule has 0 saturated heterocycles. The Labute approximate surface area is 106 Å². The number of benzene rings is 2. The zero-order valence-electron chi connectivity index (χ0n) is 10.1.